The molecule has 10 aromatic rings. The highest BCUT2D eigenvalue weighted by Crippen LogP contribution is 2.44. The highest BCUT2D eigenvalue weighted by molar-refractivity contribution is 6.21. The van der Waals surface area contributed by atoms with Gasteiger partial charge in [0.2, 0.25) is 0 Å². The molecular formula is C47H29NO. The van der Waals surface area contributed by atoms with Crippen molar-refractivity contribution in [3.05, 3.63) is 176 Å². The van der Waals surface area contributed by atoms with E-state index in [-0.39, 0.29) is 0 Å². The van der Waals surface area contributed by atoms with Gasteiger partial charge in [-0.1, -0.05) is 140 Å². The minimum Gasteiger partial charge on any atom is -0.456 e. The Morgan fingerprint density at radius 3 is 1.47 bits per heavy atom. The number of hydrogen-bond donors (Lipinski definition) is 0. The average molecular weight is 624 g/mol. The van der Waals surface area contributed by atoms with Crippen molar-refractivity contribution in [3.8, 4) is 44.6 Å². The Labute approximate surface area is 283 Å². The molecule has 0 saturated carbocycles. The number of furan rings is 1. The van der Waals surface area contributed by atoms with Crippen molar-refractivity contribution in [1.82, 2.24) is 4.98 Å². The van der Waals surface area contributed by atoms with Gasteiger partial charge in [-0.25, -0.2) is 0 Å². The van der Waals surface area contributed by atoms with Crippen molar-refractivity contribution in [2.24, 2.45) is 0 Å². The van der Waals surface area contributed by atoms with Crippen LogP contribution in [-0.4, -0.2) is 4.98 Å². The molecule has 0 saturated heterocycles. The minimum atomic E-state index is 0.897. The summed E-state index contributed by atoms with van der Waals surface area (Å²) in [5.41, 5.74) is 11.0. The van der Waals surface area contributed by atoms with Gasteiger partial charge in [-0.05, 0) is 90.5 Å². The monoisotopic (exact) mass is 623 g/mol. The summed E-state index contributed by atoms with van der Waals surface area (Å²) < 4.78 is 6.23. The lowest BCUT2D eigenvalue weighted by Crippen LogP contribution is -1.91. The summed E-state index contributed by atoms with van der Waals surface area (Å²) in [4.78, 5) is 4.92. The third-order valence-corrected chi connectivity index (χ3v) is 9.90. The molecule has 0 radical (unpaired) electrons. The fraction of sp³-hybridized carbons (Fsp3) is 0. The van der Waals surface area contributed by atoms with E-state index in [1.165, 1.54) is 54.6 Å². The molecule has 2 nitrogen and oxygen atoms in total. The molecule has 8 aromatic carbocycles. The number of benzene rings is 8. The molecule has 0 aliphatic rings. The van der Waals surface area contributed by atoms with Crippen LogP contribution in [0.2, 0.25) is 0 Å². The largest absolute Gasteiger partial charge is 0.456 e. The zero-order valence-corrected chi connectivity index (χ0v) is 26.6. The maximum Gasteiger partial charge on any atom is 0.136 e. The number of aromatic nitrogens is 1. The van der Waals surface area contributed by atoms with E-state index < -0.39 is 0 Å². The van der Waals surface area contributed by atoms with Gasteiger partial charge in [0.15, 0.2) is 0 Å². The SMILES string of the molecule is c1ccc(-c2c3ccccc3c(-c3ccc(-c4ccc(-c5ccc6oc7cc8ccccc8cc7c6c5)cn4)cc3)c3ccccc23)cc1. The van der Waals surface area contributed by atoms with Crippen LogP contribution in [0, 0.1) is 0 Å². The van der Waals surface area contributed by atoms with Crippen LogP contribution in [0.15, 0.2) is 180 Å². The molecule has 0 bridgehead atoms. The molecule has 228 valence electrons. The summed E-state index contributed by atoms with van der Waals surface area (Å²) in [6, 6.07) is 60.7. The Balaban J connectivity index is 1.02. The van der Waals surface area contributed by atoms with E-state index in [0.717, 1.165) is 44.3 Å². The number of hydrogen-bond acceptors (Lipinski definition) is 2. The molecule has 2 aromatic heterocycles. The summed E-state index contributed by atoms with van der Waals surface area (Å²) in [6.45, 7) is 0. The first-order valence-electron chi connectivity index (χ1n) is 16.7. The van der Waals surface area contributed by atoms with Crippen LogP contribution < -0.4 is 0 Å². The Hall–Kier alpha value is -6.51. The summed E-state index contributed by atoms with van der Waals surface area (Å²) >= 11 is 0. The fourth-order valence-electron chi connectivity index (χ4n) is 7.54. The van der Waals surface area contributed by atoms with Gasteiger partial charge in [0.05, 0.1) is 5.69 Å². The maximum atomic E-state index is 6.23. The average Bonchev–Trinajstić information content (AvgIpc) is 3.53. The predicted octanol–water partition coefficient (Wildman–Crippen LogP) is 13.1. The Morgan fingerprint density at radius 2 is 0.837 bits per heavy atom. The molecular weight excluding hydrogens is 595 g/mol. The minimum absolute atomic E-state index is 0.897. The summed E-state index contributed by atoms with van der Waals surface area (Å²) in [6.07, 6.45) is 1.98. The first-order chi connectivity index (χ1) is 24.3. The molecule has 0 unspecified atom stereocenters. The lowest BCUT2D eigenvalue weighted by atomic mass is 9.86. The third-order valence-electron chi connectivity index (χ3n) is 9.90. The molecule has 0 amide bonds. The van der Waals surface area contributed by atoms with E-state index in [2.05, 4.69) is 170 Å². The van der Waals surface area contributed by atoms with Crippen molar-refractivity contribution in [3.63, 3.8) is 0 Å². The van der Waals surface area contributed by atoms with E-state index in [4.69, 9.17) is 9.40 Å². The van der Waals surface area contributed by atoms with Gasteiger partial charge >= 0.3 is 0 Å². The predicted molar refractivity (Wildman–Crippen MR) is 206 cm³/mol. The number of pyridine rings is 1. The van der Waals surface area contributed by atoms with Crippen molar-refractivity contribution in [1.29, 1.82) is 0 Å². The van der Waals surface area contributed by atoms with E-state index in [9.17, 15) is 0 Å². The quantitative estimate of drug-likeness (QED) is 0.182. The van der Waals surface area contributed by atoms with Crippen LogP contribution in [0.5, 0.6) is 0 Å². The van der Waals surface area contributed by atoms with Crippen molar-refractivity contribution >= 4 is 54.3 Å². The number of fused-ring (bicyclic) bond motifs is 6. The Bertz CT molecular complexity index is 2790. The van der Waals surface area contributed by atoms with Crippen LogP contribution in [0.4, 0.5) is 0 Å². The van der Waals surface area contributed by atoms with E-state index in [1.54, 1.807) is 0 Å². The summed E-state index contributed by atoms with van der Waals surface area (Å²) in [5, 5.41) is 9.69. The standard InChI is InChI=1S/C47H29NO/c1-2-10-31(11-3-1)46-37-14-6-8-16-39(37)47(40-17-9-7-15-38(40)46)32-20-18-30(19-21-32)43-24-22-36(29-48-43)35-23-25-44-41(27-35)42-26-33-12-4-5-13-34(33)28-45(42)49-44/h1-29H. The van der Waals surface area contributed by atoms with Crippen molar-refractivity contribution in [2.45, 2.75) is 0 Å². The zero-order chi connectivity index (χ0) is 32.3. The highest BCUT2D eigenvalue weighted by Gasteiger charge is 2.16. The lowest BCUT2D eigenvalue weighted by Gasteiger charge is -2.17. The van der Waals surface area contributed by atoms with Gasteiger partial charge in [0.1, 0.15) is 11.2 Å². The molecule has 0 fully saturated rings. The van der Waals surface area contributed by atoms with Gasteiger partial charge in [0.25, 0.3) is 0 Å². The Morgan fingerprint density at radius 1 is 0.327 bits per heavy atom. The lowest BCUT2D eigenvalue weighted by molar-refractivity contribution is 0.669. The normalized spacial score (nSPS) is 11.7. The molecule has 2 heterocycles. The van der Waals surface area contributed by atoms with Gasteiger partial charge in [-0.15, -0.1) is 0 Å². The maximum absolute atomic E-state index is 6.23. The second-order valence-corrected chi connectivity index (χ2v) is 12.7. The van der Waals surface area contributed by atoms with Gasteiger partial charge in [-0.2, -0.15) is 0 Å². The first-order valence-corrected chi connectivity index (χ1v) is 16.7. The van der Waals surface area contributed by atoms with Crippen LogP contribution in [-0.2, 0) is 0 Å². The smallest absolute Gasteiger partial charge is 0.136 e. The Kier molecular flexibility index (Phi) is 6.22. The van der Waals surface area contributed by atoms with Crippen LogP contribution in [0.25, 0.3) is 98.9 Å². The number of rotatable bonds is 4. The molecule has 0 N–H and O–H groups in total. The van der Waals surface area contributed by atoms with E-state index in [1.807, 2.05) is 6.20 Å². The van der Waals surface area contributed by atoms with Crippen molar-refractivity contribution < 1.29 is 4.42 Å². The summed E-state index contributed by atoms with van der Waals surface area (Å²) in [7, 11) is 0. The topological polar surface area (TPSA) is 26.0 Å². The molecule has 0 atom stereocenters. The van der Waals surface area contributed by atoms with Crippen LogP contribution >= 0.6 is 0 Å². The zero-order valence-electron chi connectivity index (χ0n) is 26.6. The molecule has 2 heteroatoms. The molecule has 0 aliphatic heterocycles. The van der Waals surface area contributed by atoms with Crippen LogP contribution in [0.3, 0.4) is 0 Å². The van der Waals surface area contributed by atoms with Gasteiger partial charge in [-0.3, -0.25) is 4.98 Å². The first kappa shape index (κ1) is 27.6. The molecule has 49 heavy (non-hydrogen) atoms. The molecule has 0 aliphatic carbocycles. The molecule has 0 spiro atoms. The van der Waals surface area contributed by atoms with E-state index >= 15 is 0 Å². The van der Waals surface area contributed by atoms with Crippen molar-refractivity contribution in [2.75, 3.05) is 0 Å². The third kappa shape index (κ3) is 4.53. The second-order valence-electron chi connectivity index (χ2n) is 12.7. The highest BCUT2D eigenvalue weighted by atomic mass is 16.3. The van der Waals surface area contributed by atoms with Gasteiger partial charge in [0, 0.05) is 28.1 Å². The fourth-order valence-corrected chi connectivity index (χ4v) is 7.54. The van der Waals surface area contributed by atoms with E-state index in [0.29, 0.717) is 0 Å². The second kappa shape index (κ2) is 11.0. The van der Waals surface area contributed by atoms with Gasteiger partial charge < -0.3 is 4.42 Å². The van der Waals surface area contributed by atoms with Crippen LogP contribution in [0.1, 0.15) is 0 Å². The number of nitrogens with zero attached hydrogens (tertiary/aromatic N) is 1. The molecule has 10 rings (SSSR count). The summed E-state index contributed by atoms with van der Waals surface area (Å²) in [5.74, 6) is 0.